The molecule has 2 aromatic rings. The molecule has 2 aromatic carbocycles. The molecule has 1 atom stereocenters. The van der Waals surface area contributed by atoms with Gasteiger partial charge in [-0.2, -0.15) is 0 Å². The van der Waals surface area contributed by atoms with Crippen molar-refractivity contribution in [3.63, 3.8) is 0 Å². The van der Waals surface area contributed by atoms with E-state index < -0.39 is 0 Å². The number of carbonyl (C=O) groups is 1. The lowest BCUT2D eigenvalue weighted by molar-refractivity contribution is -0.123. The van der Waals surface area contributed by atoms with Gasteiger partial charge in [0.25, 0.3) is 0 Å². The number of amides is 1. The molecule has 0 aromatic heterocycles. The first-order valence-electron chi connectivity index (χ1n) is 10.9. The minimum atomic E-state index is -0.237. The van der Waals surface area contributed by atoms with Crippen LogP contribution in [0.25, 0.3) is 0 Å². The normalized spacial score (nSPS) is 16.8. The molecule has 1 aliphatic rings. The first-order chi connectivity index (χ1) is 15.0. The predicted octanol–water partition coefficient (Wildman–Crippen LogP) is 3.40. The van der Waals surface area contributed by atoms with Crippen molar-refractivity contribution in [2.75, 3.05) is 19.6 Å². The average molecular weight is 553 g/mol. The number of likely N-dealkylation sites (tertiary alicyclic amines) is 1. The lowest BCUT2D eigenvalue weighted by Gasteiger charge is -2.31. The molecule has 1 saturated heterocycles. The number of nitrogens with one attached hydrogen (secondary N) is 2. The van der Waals surface area contributed by atoms with E-state index in [1.165, 1.54) is 17.7 Å². The number of benzene rings is 2. The maximum Gasteiger partial charge on any atom is 0.221 e. The number of hydrogen-bond donors (Lipinski definition) is 3. The van der Waals surface area contributed by atoms with Gasteiger partial charge in [0, 0.05) is 26.2 Å². The Balaban J connectivity index is 0.00000363. The number of nitrogens with two attached hydrogens (primary N) is 1. The number of guanidine groups is 1. The van der Waals surface area contributed by atoms with Crippen LogP contribution in [0.2, 0.25) is 0 Å². The van der Waals surface area contributed by atoms with Gasteiger partial charge in [0.05, 0.1) is 12.5 Å². The van der Waals surface area contributed by atoms with Gasteiger partial charge in [0.2, 0.25) is 5.91 Å². The number of rotatable bonds is 8. The summed E-state index contributed by atoms with van der Waals surface area (Å²) in [5.74, 6) is 0.240. The van der Waals surface area contributed by atoms with Gasteiger partial charge < -0.3 is 16.4 Å². The van der Waals surface area contributed by atoms with Crippen LogP contribution in [0.5, 0.6) is 0 Å². The minimum Gasteiger partial charge on any atom is -0.369 e. The Hall–Kier alpha value is -2.20. The zero-order valence-corrected chi connectivity index (χ0v) is 20.8. The molecule has 1 unspecified atom stereocenters. The summed E-state index contributed by atoms with van der Waals surface area (Å²) in [5.41, 5.74) is 8.82. The van der Waals surface area contributed by atoms with E-state index in [9.17, 15) is 9.18 Å². The fourth-order valence-corrected chi connectivity index (χ4v) is 3.82. The summed E-state index contributed by atoms with van der Waals surface area (Å²) >= 11 is 0. The molecule has 8 heteroatoms. The number of primary amides is 1. The highest BCUT2D eigenvalue weighted by molar-refractivity contribution is 14.0. The van der Waals surface area contributed by atoms with Crippen molar-refractivity contribution in [2.45, 2.75) is 39.4 Å². The lowest BCUT2D eigenvalue weighted by Crippen LogP contribution is -2.40. The molecule has 1 amide bonds. The standard InChI is InChI=1S/C24H32FN5O.HI/c1-2-27-24(28-14-18-8-10-22(25)11-9-18)29-15-19-5-3-6-20(13-19)16-30-12-4-7-21(17-30)23(26)31;/h3,5-6,8-11,13,21H,2,4,7,12,14-17H2,1H3,(H2,26,31)(H2,27,28,29);1H. The number of halogens is 2. The second-order valence-electron chi connectivity index (χ2n) is 7.97. The Morgan fingerprint density at radius 2 is 1.91 bits per heavy atom. The number of piperidine rings is 1. The molecule has 4 N–H and O–H groups in total. The van der Waals surface area contributed by atoms with E-state index in [-0.39, 0.29) is 41.6 Å². The number of nitrogens with zero attached hydrogens (tertiary/aromatic N) is 2. The van der Waals surface area contributed by atoms with Crippen molar-refractivity contribution in [3.05, 3.63) is 71.0 Å². The molecule has 3 rings (SSSR count). The van der Waals surface area contributed by atoms with Crippen molar-refractivity contribution < 1.29 is 9.18 Å². The summed E-state index contributed by atoms with van der Waals surface area (Å²) in [6, 6.07) is 14.8. The van der Waals surface area contributed by atoms with Crippen LogP contribution in [0.4, 0.5) is 4.39 Å². The maximum atomic E-state index is 13.1. The largest absolute Gasteiger partial charge is 0.369 e. The van der Waals surface area contributed by atoms with Crippen LogP contribution >= 0.6 is 24.0 Å². The molecule has 0 aliphatic carbocycles. The quantitative estimate of drug-likeness (QED) is 0.266. The van der Waals surface area contributed by atoms with Gasteiger partial charge in [-0.05, 0) is 55.1 Å². The van der Waals surface area contributed by atoms with E-state index in [0.717, 1.165) is 56.1 Å². The van der Waals surface area contributed by atoms with Crippen LogP contribution in [0.15, 0.2) is 53.5 Å². The third kappa shape index (κ3) is 8.38. The Labute approximate surface area is 206 Å². The molecule has 32 heavy (non-hydrogen) atoms. The van der Waals surface area contributed by atoms with E-state index in [0.29, 0.717) is 13.1 Å². The van der Waals surface area contributed by atoms with E-state index in [1.807, 2.05) is 6.92 Å². The molecule has 6 nitrogen and oxygen atoms in total. The van der Waals surface area contributed by atoms with E-state index in [2.05, 4.69) is 44.8 Å². The third-order valence-electron chi connectivity index (χ3n) is 5.44. The molecule has 0 spiro atoms. The fraction of sp³-hybridized carbons (Fsp3) is 0.417. The number of carbonyl (C=O) groups excluding carboxylic acids is 1. The third-order valence-corrected chi connectivity index (χ3v) is 5.44. The van der Waals surface area contributed by atoms with Crippen LogP contribution < -0.4 is 16.4 Å². The highest BCUT2D eigenvalue weighted by atomic mass is 127. The van der Waals surface area contributed by atoms with Gasteiger partial charge in [-0.1, -0.05) is 36.4 Å². The molecule has 0 radical (unpaired) electrons. The Morgan fingerprint density at radius 1 is 1.16 bits per heavy atom. The van der Waals surface area contributed by atoms with E-state index in [1.54, 1.807) is 12.1 Å². The summed E-state index contributed by atoms with van der Waals surface area (Å²) in [6.07, 6.45) is 1.89. The Morgan fingerprint density at radius 3 is 2.62 bits per heavy atom. The second kappa shape index (κ2) is 13.4. The number of aliphatic imine (C=N–C) groups is 1. The zero-order chi connectivity index (χ0) is 22.1. The maximum absolute atomic E-state index is 13.1. The molecule has 0 saturated carbocycles. The van der Waals surface area contributed by atoms with Crippen LogP contribution in [0.1, 0.15) is 36.5 Å². The van der Waals surface area contributed by atoms with Crippen LogP contribution in [-0.4, -0.2) is 36.4 Å². The average Bonchev–Trinajstić information content (AvgIpc) is 2.77. The van der Waals surface area contributed by atoms with E-state index >= 15 is 0 Å². The van der Waals surface area contributed by atoms with Crippen LogP contribution in [-0.2, 0) is 24.4 Å². The summed E-state index contributed by atoms with van der Waals surface area (Å²) in [6.45, 7) is 6.43. The van der Waals surface area contributed by atoms with E-state index in [4.69, 9.17) is 5.73 Å². The smallest absolute Gasteiger partial charge is 0.221 e. The monoisotopic (exact) mass is 553 g/mol. The SMILES string of the molecule is CCNC(=NCc1cccc(CN2CCCC(C(N)=O)C2)c1)NCc1ccc(F)cc1.I. The first-order valence-corrected chi connectivity index (χ1v) is 10.9. The molecule has 1 fully saturated rings. The molecule has 1 aliphatic heterocycles. The Bertz CT molecular complexity index is 890. The minimum absolute atomic E-state index is 0. The number of hydrogen-bond acceptors (Lipinski definition) is 3. The van der Waals surface area contributed by atoms with Crippen molar-refractivity contribution in [1.82, 2.24) is 15.5 Å². The van der Waals surface area contributed by atoms with Crippen LogP contribution in [0.3, 0.4) is 0 Å². The summed E-state index contributed by atoms with van der Waals surface area (Å²) < 4.78 is 13.1. The van der Waals surface area contributed by atoms with Crippen molar-refractivity contribution in [3.8, 4) is 0 Å². The van der Waals surface area contributed by atoms with Crippen molar-refractivity contribution >= 4 is 35.8 Å². The summed E-state index contributed by atoms with van der Waals surface area (Å²) in [5, 5.41) is 6.53. The van der Waals surface area contributed by atoms with Crippen LogP contribution in [0, 0.1) is 11.7 Å². The second-order valence-corrected chi connectivity index (χ2v) is 7.97. The first kappa shape index (κ1) is 26.1. The van der Waals surface area contributed by atoms with Gasteiger partial charge in [-0.15, -0.1) is 24.0 Å². The fourth-order valence-electron chi connectivity index (χ4n) is 3.82. The van der Waals surface area contributed by atoms with Gasteiger partial charge >= 0.3 is 0 Å². The summed E-state index contributed by atoms with van der Waals surface area (Å²) in [4.78, 5) is 18.5. The highest BCUT2D eigenvalue weighted by Gasteiger charge is 2.23. The molecular formula is C24H33FIN5O. The molecule has 174 valence electrons. The lowest BCUT2D eigenvalue weighted by atomic mass is 9.97. The Kier molecular flexibility index (Phi) is 10.9. The molecule has 1 heterocycles. The van der Waals surface area contributed by atoms with Gasteiger partial charge in [0.15, 0.2) is 5.96 Å². The highest BCUT2D eigenvalue weighted by Crippen LogP contribution is 2.19. The van der Waals surface area contributed by atoms with Gasteiger partial charge in [0.1, 0.15) is 5.82 Å². The zero-order valence-electron chi connectivity index (χ0n) is 18.5. The predicted molar refractivity (Wildman–Crippen MR) is 137 cm³/mol. The molecule has 0 bridgehead atoms. The van der Waals surface area contributed by atoms with Gasteiger partial charge in [-0.3, -0.25) is 9.69 Å². The molecular weight excluding hydrogens is 520 g/mol. The van der Waals surface area contributed by atoms with Crippen molar-refractivity contribution in [1.29, 1.82) is 0 Å². The van der Waals surface area contributed by atoms with Crippen molar-refractivity contribution in [2.24, 2.45) is 16.6 Å². The topological polar surface area (TPSA) is 82.8 Å². The van der Waals surface area contributed by atoms with Gasteiger partial charge in [-0.25, -0.2) is 9.38 Å². The summed E-state index contributed by atoms with van der Waals surface area (Å²) in [7, 11) is 0.